The van der Waals surface area contributed by atoms with Crippen LogP contribution in [-0.4, -0.2) is 33.5 Å². The number of nitrogens with one attached hydrogen (secondary N) is 1. The van der Waals surface area contributed by atoms with Crippen molar-refractivity contribution >= 4 is 0 Å². The first-order chi connectivity index (χ1) is 12.7. The maximum absolute atomic E-state index is 6.32. The van der Waals surface area contributed by atoms with Crippen LogP contribution in [0.5, 0.6) is 0 Å². The Morgan fingerprint density at radius 1 is 1.23 bits per heavy atom. The van der Waals surface area contributed by atoms with Gasteiger partial charge in [0, 0.05) is 49.3 Å². The fraction of sp³-hybridized carbons (Fsp3) is 0.619. The van der Waals surface area contributed by atoms with E-state index in [1.54, 1.807) is 0 Å². The van der Waals surface area contributed by atoms with Gasteiger partial charge in [-0.3, -0.25) is 9.67 Å². The van der Waals surface area contributed by atoms with Crippen LogP contribution in [-0.2, 0) is 23.7 Å². The molecule has 2 fully saturated rings. The number of hydrogen-bond acceptors (Lipinski definition) is 4. The van der Waals surface area contributed by atoms with E-state index >= 15 is 0 Å². The first-order valence-corrected chi connectivity index (χ1v) is 9.94. The number of ether oxygens (including phenoxy) is 1. The van der Waals surface area contributed by atoms with E-state index in [1.807, 2.05) is 30.2 Å². The van der Waals surface area contributed by atoms with Gasteiger partial charge < -0.3 is 10.1 Å². The average Bonchev–Trinajstić information content (AvgIpc) is 3.29. The normalized spacial score (nSPS) is 25.0. The van der Waals surface area contributed by atoms with Gasteiger partial charge in [-0.1, -0.05) is 18.9 Å². The molecule has 5 nitrogen and oxygen atoms in total. The molecule has 1 N–H and O–H groups in total. The Bertz CT molecular complexity index is 708. The second kappa shape index (κ2) is 7.49. The Kier molecular flexibility index (Phi) is 5.09. The third-order valence-corrected chi connectivity index (χ3v) is 6.24. The molecule has 1 saturated carbocycles. The number of aryl methyl sites for hydroxylation is 1. The van der Waals surface area contributed by atoms with Crippen molar-refractivity contribution in [3.63, 3.8) is 0 Å². The maximum Gasteiger partial charge on any atom is 0.0691 e. The van der Waals surface area contributed by atoms with Crippen molar-refractivity contribution in [3.05, 3.63) is 48.0 Å². The number of hydrogen-bond donors (Lipinski definition) is 1. The van der Waals surface area contributed by atoms with E-state index in [0.717, 1.165) is 39.0 Å². The van der Waals surface area contributed by atoms with Gasteiger partial charge in [0.05, 0.1) is 11.8 Å². The van der Waals surface area contributed by atoms with E-state index < -0.39 is 0 Å². The topological polar surface area (TPSA) is 52.0 Å². The molecule has 0 aromatic carbocycles. The molecule has 1 atom stereocenters. The molecule has 0 bridgehead atoms. The van der Waals surface area contributed by atoms with Crippen LogP contribution in [0.3, 0.4) is 0 Å². The van der Waals surface area contributed by atoms with Gasteiger partial charge in [0.2, 0.25) is 0 Å². The van der Waals surface area contributed by atoms with E-state index in [9.17, 15) is 0 Å². The van der Waals surface area contributed by atoms with Crippen molar-refractivity contribution in [3.8, 4) is 0 Å². The van der Waals surface area contributed by atoms with Gasteiger partial charge in [-0.05, 0) is 50.8 Å². The highest BCUT2D eigenvalue weighted by atomic mass is 16.5. The maximum atomic E-state index is 6.32. The van der Waals surface area contributed by atoms with Crippen LogP contribution < -0.4 is 5.32 Å². The molecule has 4 rings (SSSR count). The summed E-state index contributed by atoms with van der Waals surface area (Å²) in [5, 5.41) is 7.86. The number of rotatable bonds is 6. The highest BCUT2D eigenvalue weighted by molar-refractivity contribution is 5.20. The molecule has 1 saturated heterocycles. The minimum atomic E-state index is 0.0964. The zero-order valence-electron chi connectivity index (χ0n) is 15.8. The zero-order chi connectivity index (χ0) is 17.9. The van der Waals surface area contributed by atoms with Crippen LogP contribution in [0.15, 0.2) is 36.8 Å². The van der Waals surface area contributed by atoms with Gasteiger partial charge in [0.25, 0.3) is 0 Å². The monoisotopic (exact) mass is 354 g/mol. The van der Waals surface area contributed by atoms with E-state index in [4.69, 9.17) is 9.72 Å². The summed E-state index contributed by atoms with van der Waals surface area (Å²) in [4.78, 5) is 4.77. The average molecular weight is 354 g/mol. The highest BCUT2D eigenvalue weighted by Gasteiger charge is 2.48. The Morgan fingerprint density at radius 3 is 2.85 bits per heavy atom. The summed E-state index contributed by atoms with van der Waals surface area (Å²) in [6.07, 6.45) is 14.3. The van der Waals surface area contributed by atoms with Crippen molar-refractivity contribution in [2.24, 2.45) is 7.05 Å². The van der Waals surface area contributed by atoms with E-state index in [2.05, 4.69) is 28.7 Å². The summed E-state index contributed by atoms with van der Waals surface area (Å²) in [5.41, 5.74) is 2.71. The molecular weight excluding hydrogens is 324 g/mol. The van der Waals surface area contributed by atoms with Crippen molar-refractivity contribution in [2.45, 2.75) is 62.5 Å². The van der Waals surface area contributed by atoms with Crippen LogP contribution in [0.4, 0.5) is 0 Å². The second-order valence-corrected chi connectivity index (χ2v) is 8.11. The fourth-order valence-electron chi connectivity index (χ4n) is 4.92. The Hall–Kier alpha value is -1.72. The fourth-order valence-corrected chi connectivity index (χ4v) is 4.92. The van der Waals surface area contributed by atoms with Gasteiger partial charge in [-0.15, -0.1) is 0 Å². The summed E-state index contributed by atoms with van der Waals surface area (Å²) >= 11 is 0. The molecule has 26 heavy (non-hydrogen) atoms. The number of aromatic nitrogens is 3. The van der Waals surface area contributed by atoms with Crippen molar-refractivity contribution < 1.29 is 4.74 Å². The van der Waals surface area contributed by atoms with Crippen molar-refractivity contribution in [2.75, 3.05) is 13.2 Å². The minimum absolute atomic E-state index is 0.0964. The Morgan fingerprint density at radius 2 is 2.12 bits per heavy atom. The second-order valence-electron chi connectivity index (χ2n) is 8.11. The molecule has 2 aromatic rings. The predicted octanol–water partition coefficient (Wildman–Crippen LogP) is 3.36. The van der Waals surface area contributed by atoms with E-state index in [1.165, 1.54) is 36.9 Å². The predicted molar refractivity (Wildman–Crippen MR) is 102 cm³/mol. The summed E-state index contributed by atoms with van der Waals surface area (Å²) in [6.45, 7) is 2.72. The van der Waals surface area contributed by atoms with Crippen LogP contribution in [0.2, 0.25) is 0 Å². The first kappa shape index (κ1) is 17.7. The molecule has 140 valence electrons. The SMILES string of the molecule is Cn1cc(CNCCC2(c3ccccn3)CCOC3(CCCC3)C2)cn1. The minimum Gasteiger partial charge on any atom is -0.375 e. The third-order valence-electron chi connectivity index (χ3n) is 6.24. The molecule has 2 aliphatic rings. The lowest BCUT2D eigenvalue weighted by Crippen LogP contribution is -2.47. The van der Waals surface area contributed by atoms with Crippen molar-refractivity contribution in [1.82, 2.24) is 20.1 Å². The van der Waals surface area contributed by atoms with E-state index in [-0.39, 0.29) is 11.0 Å². The molecule has 1 aliphatic carbocycles. The quantitative estimate of drug-likeness (QED) is 0.808. The largest absolute Gasteiger partial charge is 0.375 e. The molecule has 1 spiro atoms. The lowest BCUT2D eigenvalue weighted by Gasteiger charge is -2.46. The van der Waals surface area contributed by atoms with Gasteiger partial charge in [-0.2, -0.15) is 5.10 Å². The summed E-state index contributed by atoms with van der Waals surface area (Å²) < 4.78 is 8.18. The zero-order valence-corrected chi connectivity index (χ0v) is 15.8. The van der Waals surface area contributed by atoms with Crippen LogP contribution in [0, 0.1) is 0 Å². The van der Waals surface area contributed by atoms with Crippen LogP contribution >= 0.6 is 0 Å². The van der Waals surface area contributed by atoms with Gasteiger partial charge in [0.1, 0.15) is 0 Å². The van der Waals surface area contributed by atoms with Gasteiger partial charge >= 0.3 is 0 Å². The first-order valence-electron chi connectivity index (χ1n) is 9.94. The van der Waals surface area contributed by atoms with Crippen LogP contribution in [0.1, 0.15) is 56.2 Å². The molecular formula is C21H30N4O. The molecule has 1 aliphatic heterocycles. The number of nitrogens with zero attached hydrogens (tertiary/aromatic N) is 3. The standard InChI is InChI=1S/C21H30N4O/c1-25-16-18(15-24-25)14-22-12-9-20(19-6-2-5-11-23-19)10-13-26-21(17-20)7-3-4-8-21/h2,5-6,11,15-16,22H,3-4,7-10,12-14,17H2,1H3. The summed E-state index contributed by atoms with van der Waals surface area (Å²) in [5.74, 6) is 0. The lowest BCUT2D eigenvalue weighted by atomic mass is 9.68. The number of pyridine rings is 1. The molecule has 0 radical (unpaired) electrons. The van der Waals surface area contributed by atoms with E-state index in [0.29, 0.717) is 0 Å². The Labute approximate surface area is 156 Å². The van der Waals surface area contributed by atoms with Gasteiger partial charge in [0.15, 0.2) is 0 Å². The highest BCUT2D eigenvalue weighted by Crippen LogP contribution is 2.49. The molecule has 0 amide bonds. The van der Waals surface area contributed by atoms with Crippen molar-refractivity contribution in [1.29, 1.82) is 0 Å². The molecule has 1 unspecified atom stereocenters. The third kappa shape index (κ3) is 3.69. The molecule has 5 heteroatoms. The Balaban J connectivity index is 1.46. The summed E-state index contributed by atoms with van der Waals surface area (Å²) in [6, 6.07) is 6.36. The molecule has 3 heterocycles. The summed E-state index contributed by atoms with van der Waals surface area (Å²) in [7, 11) is 1.96. The molecule has 2 aromatic heterocycles. The van der Waals surface area contributed by atoms with Gasteiger partial charge in [-0.25, -0.2) is 0 Å². The lowest BCUT2D eigenvalue weighted by molar-refractivity contribution is -0.104. The smallest absolute Gasteiger partial charge is 0.0691 e. The van der Waals surface area contributed by atoms with Crippen LogP contribution in [0.25, 0.3) is 0 Å².